The number of hydrazone groups is 1. The third kappa shape index (κ3) is 3.35. The van der Waals surface area contributed by atoms with Crippen LogP contribution >= 0.6 is 0 Å². The van der Waals surface area contributed by atoms with Gasteiger partial charge in [-0.2, -0.15) is 5.10 Å². The number of benzene rings is 1. The van der Waals surface area contributed by atoms with Gasteiger partial charge in [0.15, 0.2) is 0 Å². The number of phenols is 1. The normalized spacial score (nSPS) is 11.1. The van der Waals surface area contributed by atoms with Crippen molar-refractivity contribution in [3.63, 3.8) is 0 Å². The average Bonchev–Trinajstić information content (AvgIpc) is 2.46. The summed E-state index contributed by atoms with van der Waals surface area (Å²) < 4.78 is 0. The van der Waals surface area contributed by atoms with Crippen LogP contribution in [0.5, 0.6) is 5.75 Å². The summed E-state index contributed by atoms with van der Waals surface area (Å²) in [6.07, 6.45) is 4.67. The molecule has 2 N–H and O–H groups in total. The molecule has 0 bridgehead atoms. The number of hydrogen-bond acceptors (Lipinski definition) is 5. The zero-order valence-electron chi connectivity index (χ0n) is 10.2. The van der Waals surface area contributed by atoms with Crippen molar-refractivity contribution in [2.75, 3.05) is 0 Å². The highest BCUT2D eigenvalue weighted by molar-refractivity contribution is 5.99. The molecule has 2 rings (SSSR count). The van der Waals surface area contributed by atoms with Crippen LogP contribution in [-0.4, -0.2) is 26.7 Å². The van der Waals surface area contributed by atoms with Crippen LogP contribution in [0.1, 0.15) is 23.0 Å². The van der Waals surface area contributed by atoms with Gasteiger partial charge in [0.25, 0.3) is 5.91 Å². The van der Waals surface area contributed by atoms with E-state index in [1.54, 1.807) is 25.5 Å². The van der Waals surface area contributed by atoms with Gasteiger partial charge in [0, 0.05) is 18.0 Å². The van der Waals surface area contributed by atoms with Crippen molar-refractivity contribution in [3.05, 3.63) is 54.1 Å². The molecule has 1 aromatic heterocycles. The minimum Gasteiger partial charge on any atom is -0.508 e. The van der Waals surface area contributed by atoms with Gasteiger partial charge in [-0.3, -0.25) is 14.8 Å². The molecule has 6 nitrogen and oxygen atoms in total. The second-order valence-electron chi connectivity index (χ2n) is 3.78. The Kier molecular flexibility index (Phi) is 3.82. The topological polar surface area (TPSA) is 87.5 Å². The Labute approximate surface area is 109 Å². The maximum atomic E-state index is 11.8. The summed E-state index contributed by atoms with van der Waals surface area (Å²) in [5.74, 6) is -0.251. The second-order valence-corrected chi connectivity index (χ2v) is 3.78. The van der Waals surface area contributed by atoms with E-state index in [0.29, 0.717) is 17.0 Å². The van der Waals surface area contributed by atoms with E-state index in [9.17, 15) is 4.79 Å². The first kappa shape index (κ1) is 12.7. The standard InChI is InChI=1S/C13H12N4O2/c1-9(12-8-14-6-7-15-12)16-17-13(19)10-2-4-11(18)5-3-10/h2-8,18H,1H3,(H,17,19)/b16-9+. The molecule has 19 heavy (non-hydrogen) atoms. The van der Waals surface area contributed by atoms with E-state index in [0.717, 1.165) is 0 Å². The first-order valence-corrected chi connectivity index (χ1v) is 5.57. The molecule has 0 aliphatic rings. The quantitative estimate of drug-likeness (QED) is 0.640. The van der Waals surface area contributed by atoms with E-state index in [1.807, 2.05) is 0 Å². The van der Waals surface area contributed by atoms with Crippen LogP contribution in [0, 0.1) is 0 Å². The van der Waals surface area contributed by atoms with Gasteiger partial charge >= 0.3 is 0 Å². The number of aromatic nitrogens is 2. The molecule has 0 saturated carbocycles. The maximum Gasteiger partial charge on any atom is 0.271 e. The summed E-state index contributed by atoms with van der Waals surface area (Å²) in [6, 6.07) is 5.90. The molecule has 0 saturated heterocycles. The van der Waals surface area contributed by atoms with Crippen molar-refractivity contribution in [1.82, 2.24) is 15.4 Å². The zero-order valence-corrected chi connectivity index (χ0v) is 10.2. The minimum atomic E-state index is -0.358. The predicted octanol–water partition coefficient (Wildman–Crippen LogP) is 1.34. The number of carbonyl (C=O) groups excluding carboxylic acids is 1. The Morgan fingerprint density at radius 2 is 2.00 bits per heavy atom. The lowest BCUT2D eigenvalue weighted by molar-refractivity contribution is 0.0955. The van der Waals surface area contributed by atoms with Gasteiger partial charge in [-0.05, 0) is 31.2 Å². The van der Waals surface area contributed by atoms with Gasteiger partial charge in [0.2, 0.25) is 0 Å². The molecule has 6 heteroatoms. The van der Waals surface area contributed by atoms with Gasteiger partial charge in [0.1, 0.15) is 11.4 Å². The highest BCUT2D eigenvalue weighted by atomic mass is 16.3. The Bertz CT molecular complexity index is 594. The fourth-order valence-corrected chi connectivity index (χ4v) is 1.36. The van der Waals surface area contributed by atoms with Crippen molar-refractivity contribution >= 4 is 11.6 Å². The Hall–Kier alpha value is -2.76. The average molecular weight is 256 g/mol. The Morgan fingerprint density at radius 1 is 1.26 bits per heavy atom. The van der Waals surface area contributed by atoms with E-state index in [1.165, 1.54) is 24.3 Å². The third-order valence-electron chi connectivity index (χ3n) is 2.39. The monoisotopic (exact) mass is 256 g/mol. The van der Waals surface area contributed by atoms with Crippen LogP contribution in [0.15, 0.2) is 48.0 Å². The van der Waals surface area contributed by atoms with E-state index in [2.05, 4.69) is 20.5 Å². The fourth-order valence-electron chi connectivity index (χ4n) is 1.36. The van der Waals surface area contributed by atoms with Crippen LogP contribution in [0.25, 0.3) is 0 Å². The van der Waals surface area contributed by atoms with Crippen LogP contribution in [0.2, 0.25) is 0 Å². The first-order chi connectivity index (χ1) is 9.16. The van der Waals surface area contributed by atoms with Crippen molar-refractivity contribution in [2.24, 2.45) is 5.10 Å². The van der Waals surface area contributed by atoms with E-state index in [4.69, 9.17) is 5.11 Å². The molecule has 0 unspecified atom stereocenters. The molecule has 0 radical (unpaired) electrons. The van der Waals surface area contributed by atoms with Crippen molar-refractivity contribution < 1.29 is 9.90 Å². The lowest BCUT2D eigenvalue weighted by atomic mass is 10.2. The van der Waals surface area contributed by atoms with E-state index >= 15 is 0 Å². The third-order valence-corrected chi connectivity index (χ3v) is 2.39. The molecule has 96 valence electrons. The van der Waals surface area contributed by atoms with Crippen molar-refractivity contribution in [2.45, 2.75) is 6.92 Å². The van der Waals surface area contributed by atoms with E-state index < -0.39 is 0 Å². The zero-order chi connectivity index (χ0) is 13.7. The maximum absolute atomic E-state index is 11.8. The number of aromatic hydroxyl groups is 1. The van der Waals surface area contributed by atoms with Crippen LogP contribution in [0.3, 0.4) is 0 Å². The summed E-state index contributed by atoms with van der Waals surface area (Å²) in [7, 11) is 0. The van der Waals surface area contributed by atoms with Crippen LogP contribution in [-0.2, 0) is 0 Å². The number of amides is 1. The lowest BCUT2D eigenvalue weighted by Gasteiger charge is -2.02. The number of hydrogen-bond donors (Lipinski definition) is 2. The molecule has 1 amide bonds. The van der Waals surface area contributed by atoms with Gasteiger partial charge in [-0.25, -0.2) is 5.43 Å². The first-order valence-electron chi connectivity index (χ1n) is 5.57. The highest BCUT2D eigenvalue weighted by Gasteiger charge is 2.05. The molecule has 0 fully saturated rings. The molecule has 2 aromatic rings. The van der Waals surface area contributed by atoms with Gasteiger partial charge in [0.05, 0.1) is 11.9 Å². The van der Waals surface area contributed by atoms with Gasteiger partial charge in [-0.15, -0.1) is 0 Å². The SMILES string of the molecule is C/C(=N\NC(=O)c1ccc(O)cc1)c1cnccn1. The van der Waals surface area contributed by atoms with Crippen LogP contribution < -0.4 is 5.43 Å². The molecule has 0 spiro atoms. The number of nitrogens with one attached hydrogen (secondary N) is 1. The van der Waals surface area contributed by atoms with Gasteiger partial charge < -0.3 is 5.11 Å². The summed E-state index contributed by atoms with van der Waals surface area (Å²) in [5.41, 5.74) is 3.97. The number of phenolic OH excluding ortho intramolecular Hbond substituents is 1. The molecule has 0 aliphatic carbocycles. The Balaban J connectivity index is 2.06. The molecular weight excluding hydrogens is 244 g/mol. The van der Waals surface area contributed by atoms with Gasteiger partial charge in [-0.1, -0.05) is 0 Å². The summed E-state index contributed by atoms with van der Waals surface area (Å²) in [4.78, 5) is 19.7. The summed E-state index contributed by atoms with van der Waals surface area (Å²) >= 11 is 0. The number of rotatable bonds is 3. The highest BCUT2D eigenvalue weighted by Crippen LogP contribution is 2.09. The minimum absolute atomic E-state index is 0.107. The second kappa shape index (κ2) is 5.72. The Morgan fingerprint density at radius 3 is 2.63 bits per heavy atom. The fraction of sp³-hybridized carbons (Fsp3) is 0.0769. The molecular formula is C13H12N4O2. The summed E-state index contributed by atoms with van der Waals surface area (Å²) in [5, 5.41) is 13.1. The molecule has 1 heterocycles. The van der Waals surface area contributed by atoms with Crippen LogP contribution in [0.4, 0.5) is 0 Å². The largest absolute Gasteiger partial charge is 0.508 e. The number of carbonyl (C=O) groups is 1. The summed E-state index contributed by atoms with van der Waals surface area (Å²) in [6.45, 7) is 1.72. The lowest BCUT2D eigenvalue weighted by Crippen LogP contribution is -2.19. The number of nitrogens with zero attached hydrogens (tertiary/aromatic N) is 3. The predicted molar refractivity (Wildman–Crippen MR) is 69.8 cm³/mol. The van der Waals surface area contributed by atoms with Crippen molar-refractivity contribution in [3.8, 4) is 5.75 Å². The molecule has 1 aromatic carbocycles. The molecule has 0 atom stereocenters. The smallest absolute Gasteiger partial charge is 0.271 e. The van der Waals surface area contributed by atoms with E-state index in [-0.39, 0.29) is 11.7 Å². The molecule has 0 aliphatic heterocycles. The van der Waals surface area contributed by atoms with Crippen molar-refractivity contribution in [1.29, 1.82) is 0 Å².